The molecule has 2 aromatic rings. The van der Waals surface area contributed by atoms with Crippen LogP contribution in [0.1, 0.15) is 11.5 Å². The molecule has 0 amide bonds. The first kappa shape index (κ1) is 12.6. The van der Waals surface area contributed by atoms with Gasteiger partial charge in [-0.1, -0.05) is 0 Å². The summed E-state index contributed by atoms with van der Waals surface area (Å²) in [7, 11) is 3.59. The molecule has 0 saturated heterocycles. The Morgan fingerprint density at radius 3 is 2.72 bits per heavy atom. The van der Waals surface area contributed by atoms with Gasteiger partial charge in [0, 0.05) is 14.1 Å². The number of hydrogen-bond donors (Lipinski definition) is 1. The number of nitrogens with zero attached hydrogens (tertiary/aromatic N) is 4. The Hall–Kier alpha value is -1.82. The van der Waals surface area contributed by atoms with E-state index in [0.29, 0.717) is 18.4 Å². The van der Waals surface area contributed by atoms with Crippen LogP contribution in [0, 0.1) is 6.92 Å². The molecule has 0 radical (unpaired) electrons. The zero-order chi connectivity index (χ0) is 13.1. The highest BCUT2D eigenvalue weighted by Crippen LogP contribution is 2.15. The second kappa shape index (κ2) is 5.22. The molecule has 0 aliphatic heterocycles. The van der Waals surface area contributed by atoms with Gasteiger partial charge >= 0.3 is 0 Å². The fourth-order valence-electron chi connectivity index (χ4n) is 1.50. The fourth-order valence-corrected chi connectivity index (χ4v) is 1.65. The van der Waals surface area contributed by atoms with Crippen LogP contribution in [-0.4, -0.2) is 29.0 Å². The van der Waals surface area contributed by atoms with Crippen molar-refractivity contribution in [2.75, 3.05) is 24.3 Å². The number of anilines is 2. The lowest BCUT2D eigenvalue weighted by Crippen LogP contribution is -2.19. The molecular formula is C11H14ClN5O. The van der Waals surface area contributed by atoms with Gasteiger partial charge in [-0.25, -0.2) is 0 Å². The van der Waals surface area contributed by atoms with Crippen molar-refractivity contribution in [3.8, 4) is 0 Å². The van der Waals surface area contributed by atoms with Crippen LogP contribution in [0.2, 0.25) is 5.28 Å². The van der Waals surface area contributed by atoms with Gasteiger partial charge in [0.25, 0.3) is 0 Å². The molecule has 0 atom stereocenters. The van der Waals surface area contributed by atoms with Crippen LogP contribution < -0.4 is 10.2 Å². The van der Waals surface area contributed by atoms with Crippen molar-refractivity contribution in [1.82, 2.24) is 15.0 Å². The minimum absolute atomic E-state index is 0.159. The van der Waals surface area contributed by atoms with Gasteiger partial charge in [-0.05, 0) is 30.7 Å². The maximum atomic E-state index is 5.83. The molecule has 1 N–H and O–H groups in total. The van der Waals surface area contributed by atoms with Crippen LogP contribution in [0.25, 0.3) is 0 Å². The minimum atomic E-state index is 0.159. The van der Waals surface area contributed by atoms with Crippen LogP contribution in [-0.2, 0) is 6.54 Å². The second-order valence-electron chi connectivity index (χ2n) is 3.85. The summed E-state index contributed by atoms with van der Waals surface area (Å²) in [5.74, 6) is 2.65. The zero-order valence-electron chi connectivity index (χ0n) is 10.4. The van der Waals surface area contributed by atoms with Crippen molar-refractivity contribution in [2.45, 2.75) is 13.5 Å². The Balaban J connectivity index is 2.17. The van der Waals surface area contributed by atoms with E-state index in [0.717, 1.165) is 11.5 Å². The highest BCUT2D eigenvalue weighted by molar-refractivity contribution is 6.28. The summed E-state index contributed by atoms with van der Waals surface area (Å²) in [5.41, 5.74) is 0. The maximum Gasteiger partial charge on any atom is 0.231 e. The lowest BCUT2D eigenvalue weighted by atomic mass is 10.4. The number of halogens is 1. The molecule has 18 heavy (non-hydrogen) atoms. The fraction of sp³-hybridized carbons (Fsp3) is 0.364. The van der Waals surface area contributed by atoms with E-state index < -0.39 is 0 Å². The molecule has 96 valence electrons. The monoisotopic (exact) mass is 267 g/mol. The first-order chi connectivity index (χ1) is 8.58. The van der Waals surface area contributed by atoms with Gasteiger partial charge in [0.2, 0.25) is 17.2 Å². The summed E-state index contributed by atoms with van der Waals surface area (Å²) in [4.78, 5) is 14.1. The summed E-state index contributed by atoms with van der Waals surface area (Å²) < 4.78 is 5.50. The van der Waals surface area contributed by atoms with E-state index in [1.807, 2.05) is 31.0 Å². The highest BCUT2D eigenvalue weighted by atomic mass is 35.5. The summed E-state index contributed by atoms with van der Waals surface area (Å²) in [6.07, 6.45) is 0. The molecule has 6 nitrogen and oxygen atoms in total. The van der Waals surface area contributed by atoms with Crippen LogP contribution in [0.5, 0.6) is 0 Å². The molecule has 2 heterocycles. The van der Waals surface area contributed by atoms with Crippen molar-refractivity contribution >= 4 is 23.5 Å². The van der Waals surface area contributed by atoms with Crippen molar-refractivity contribution in [3.05, 3.63) is 28.9 Å². The third-order valence-corrected chi connectivity index (χ3v) is 2.52. The van der Waals surface area contributed by atoms with E-state index in [9.17, 15) is 0 Å². The lowest BCUT2D eigenvalue weighted by Gasteiger charge is -2.15. The topological polar surface area (TPSA) is 67.1 Å². The molecule has 0 bridgehead atoms. The van der Waals surface area contributed by atoms with E-state index in [1.54, 1.807) is 7.05 Å². The molecule has 7 heteroatoms. The van der Waals surface area contributed by atoms with E-state index in [1.165, 1.54) is 0 Å². The number of furan rings is 1. The normalized spacial score (nSPS) is 10.4. The molecule has 2 rings (SSSR count). The minimum Gasteiger partial charge on any atom is -0.464 e. The molecule has 0 aliphatic carbocycles. The molecule has 2 aromatic heterocycles. The second-order valence-corrected chi connectivity index (χ2v) is 4.18. The number of hydrogen-bond acceptors (Lipinski definition) is 6. The smallest absolute Gasteiger partial charge is 0.231 e. The molecule has 0 unspecified atom stereocenters. The number of aryl methyl sites for hydroxylation is 1. The Bertz CT molecular complexity index is 542. The molecular weight excluding hydrogens is 254 g/mol. The quantitative estimate of drug-likeness (QED) is 0.915. The average molecular weight is 268 g/mol. The van der Waals surface area contributed by atoms with E-state index >= 15 is 0 Å². The largest absolute Gasteiger partial charge is 0.464 e. The SMILES string of the molecule is CNc1nc(Cl)nc(N(C)Cc2ccc(C)o2)n1. The van der Waals surface area contributed by atoms with Crippen molar-refractivity contribution in [2.24, 2.45) is 0 Å². The third kappa shape index (κ3) is 2.89. The first-order valence-electron chi connectivity index (χ1n) is 5.44. The van der Waals surface area contributed by atoms with Gasteiger partial charge in [0.15, 0.2) is 0 Å². The first-order valence-corrected chi connectivity index (χ1v) is 5.82. The van der Waals surface area contributed by atoms with Crippen molar-refractivity contribution in [3.63, 3.8) is 0 Å². The van der Waals surface area contributed by atoms with Gasteiger partial charge < -0.3 is 14.6 Å². The van der Waals surface area contributed by atoms with Gasteiger partial charge in [-0.15, -0.1) is 0 Å². The predicted molar refractivity (Wildman–Crippen MR) is 69.9 cm³/mol. The van der Waals surface area contributed by atoms with Crippen molar-refractivity contribution in [1.29, 1.82) is 0 Å². The average Bonchev–Trinajstić information content (AvgIpc) is 2.73. The summed E-state index contributed by atoms with van der Waals surface area (Å²) >= 11 is 5.83. The van der Waals surface area contributed by atoms with Gasteiger partial charge in [-0.2, -0.15) is 15.0 Å². The van der Waals surface area contributed by atoms with Crippen LogP contribution in [0.4, 0.5) is 11.9 Å². The molecule has 0 saturated carbocycles. The summed E-state index contributed by atoms with van der Waals surface area (Å²) in [6.45, 7) is 2.47. The Morgan fingerprint density at radius 2 is 2.11 bits per heavy atom. The standard InChI is InChI=1S/C11H14ClN5O/c1-7-4-5-8(18-7)6-17(3)11-15-9(12)14-10(13-2)16-11/h4-5H,6H2,1-3H3,(H,13,14,15,16). The number of nitrogens with one attached hydrogen (secondary N) is 1. The molecule has 0 spiro atoms. The van der Waals surface area contributed by atoms with Crippen LogP contribution in [0.3, 0.4) is 0 Å². The Kier molecular flexibility index (Phi) is 3.66. The number of aromatic nitrogens is 3. The van der Waals surface area contributed by atoms with E-state index in [-0.39, 0.29) is 5.28 Å². The molecule has 0 aromatic carbocycles. The summed E-state index contributed by atoms with van der Waals surface area (Å²) in [5, 5.41) is 2.99. The van der Waals surface area contributed by atoms with Gasteiger partial charge in [0.05, 0.1) is 6.54 Å². The van der Waals surface area contributed by atoms with Crippen LogP contribution in [0.15, 0.2) is 16.5 Å². The van der Waals surface area contributed by atoms with Crippen LogP contribution >= 0.6 is 11.6 Å². The lowest BCUT2D eigenvalue weighted by molar-refractivity contribution is 0.480. The van der Waals surface area contributed by atoms with E-state index in [2.05, 4.69) is 20.3 Å². The molecule has 0 aliphatic rings. The van der Waals surface area contributed by atoms with Crippen molar-refractivity contribution < 1.29 is 4.42 Å². The Labute approximate surface area is 110 Å². The molecule has 0 fully saturated rings. The number of rotatable bonds is 4. The highest BCUT2D eigenvalue weighted by Gasteiger charge is 2.10. The van der Waals surface area contributed by atoms with Gasteiger partial charge in [-0.3, -0.25) is 0 Å². The van der Waals surface area contributed by atoms with Gasteiger partial charge in [0.1, 0.15) is 11.5 Å². The Morgan fingerprint density at radius 1 is 1.33 bits per heavy atom. The summed E-state index contributed by atoms with van der Waals surface area (Å²) in [6, 6.07) is 3.84. The zero-order valence-corrected chi connectivity index (χ0v) is 11.2. The van der Waals surface area contributed by atoms with E-state index in [4.69, 9.17) is 16.0 Å². The third-order valence-electron chi connectivity index (χ3n) is 2.35. The maximum absolute atomic E-state index is 5.83. The predicted octanol–water partition coefficient (Wildman–Crippen LogP) is 2.10.